The number of hydrogen-bond acceptors (Lipinski definition) is 3. The van der Waals surface area contributed by atoms with E-state index in [-0.39, 0.29) is 12.0 Å². The molecule has 5 nitrogen and oxygen atoms in total. The third-order valence-electron chi connectivity index (χ3n) is 4.88. The molecule has 0 saturated carbocycles. The number of ether oxygens (including phenoxy) is 1. The number of rotatable bonds is 4. The molecule has 0 unspecified atom stereocenters. The monoisotopic (exact) mass is 365 g/mol. The van der Waals surface area contributed by atoms with E-state index >= 15 is 0 Å². The molecule has 2 aromatic carbocycles. The number of aliphatic imine (C=N–C) groups is 1. The van der Waals surface area contributed by atoms with Crippen LogP contribution in [0.3, 0.4) is 0 Å². The van der Waals surface area contributed by atoms with Gasteiger partial charge in [0.15, 0.2) is 0 Å². The van der Waals surface area contributed by atoms with E-state index in [1.165, 1.54) is 5.56 Å². The summed E-state index contributed by atoms with van der Waals surface area (Å²) in [5.41, 5.74) is 4.97. The quantitative estimate of drug-likeness (QED) is 0.636. The molecule has 1 aliphatic rings. The summed E-state index contributed by atoms with van der Waals surface area (Å²) in [6.07, 6.45) is 2.19. The van der Waals surface area contributed by atoms with Crippen molar-refractivity contribution in [2.24, 2.45) is 4.99 Å². The van der Waals surface area contributed by atoms with Crippen LogP contribution in [0.5, 0.6) is 0 Å². The maximum atomic E-state index is 12.6. The molecule has 1 atom stereocenters. The Bertz CT molecular complexity index is 822. The topological polar surface area (TPSA) is 62.7 Å². The molecule has 27 heavy (non-hydrogen) atoms. The number of hydrogen-bond donors (Lipinski definition) is 2. The molecule has 0 radical (unpaired) electrons. The standard InChI is InChI=1S/C22H27N3O2/c1-15-9-11-18(12-10-15)21(26)25-22(23-14-19-7-5-13-27-19)24-20-8-4-6-16(2)17(20)3/h4,6,8-12,19H,5,7,13-14H2,1-3H3,(H2,23,24,25,26)/t19-/m1/s1. The van der Waals surface area contributed by atoms with Crippen molar-refractivity contribution < 1.29 is 9.53 Å². The molecule has 0 aromatic heterocycles. The maximum absolute atomic E-state index is 12.6. The summed E-state index contributed by atoms with van der Waals surface area (Å²) in [5, 5.41) is 6.20. The molecular formula is C22H27N3O2. The lowest BCUT2D eigenvalue weighted by Crippen LogP contribution is -2.37. The second-order valence-corrected chi connectivity index (χ2v) is 7.02. The number of anilines is 1. The Kier molecular flexibility index (Phi) is 6.24. The lowest BCUT2D eigenvalue weighted by atomic mass is 10.1. The Morgan fingerprint density at radius 1 is 1.15 bits per heavy atom. The molecule has 2 aromatic rings. The van der Waals surface area contributed by atoms with E-state index in [2.05, 4.69) is 35.5 Å². The van der Waals surface area contributed by atoms with Crippen molar-refractivity contribution in [3.63, 3.8) is 0 Å². The summed E-state index contributed by atoms with van der Waals surface area (Å²) in [6.45, 7) is 7.43. The van der Waals surface area contributed by atoms with Crippen molar-refractivity contribution in [2.75, 3.05) is 18.5 Å². The minimum absolute atomic E-state index is 0.122. The van der Waals surface area contributed by atoms with Crippen LogP contribution in [0.15, 0.2) is 47.5 Å². The molecule has 2 N–H and O–H groups in total. The van der Waals surface area contributed by atoms with Crippen LogP contribution in [0.4, 0.5) is 5.69 Å². The van der Waals surface area contributed by atoms with Crippen LogP contribution in [0.1, 0.15) is 39.9 Å². The fourth-order valence-electron chi connectivity index (χ4n) is 2.99. The van der Waals surface area contributed by atoms with Crippen LogP contribution in [0, 0.1) is 20.8 Å². The van der Waals surface area contributed by atoms with Gasteiger partial charge in [-0.25, -0.2) is 4.99 Å². The van der Waals surface area contributed by atoms with Crippen LogP contribution in [-0.4, -0.2) is 31.1 Å². The zero-order chi connectivity index (χ0) is 19.2. The summed E-state index contributed by atoms with van der Waals surface area (Å²) in [4.78, 5) is 17.2. The maximum Gasteiger partial charge on any atom is 0.257 e. The second-order valence-electron chi connectivity index (χ2n) is 7.02. The number of guanidine groups is 1. The smallest absolute Gasteiger partial charge is 0.257 e. The van der Waals surface area contributed by atoms with E-state index in [0.717, 1.165) is 36.3 Å². The van der Waals surface area contributed by atoms with Gasteiger partial charge in [0.05, 0.1) is 12.6 Å². The van der Waals surface area contributed by atoms with Gasteiger partial charge in [-0.1, -0.05) is 29.8 Å². The van der Waals surface area contributed by atoms with Crippen LogP contribution in [0.2, 0.25) is 0 Å². The van der Waals surface area contributed by atoms with Gasteiger partial charge in [-0.15, -0.1) is 0 Å². The van der Waals surface area contributed by atoms with Gasteiger partial charge in [0.25, 0.3) is 5.91 Å². The van der Waals surface area contributed by atoms with Crippen LogP contribution in [-0.2, 0) is 4.74 Å². The summed E-state index contributed by atoms with van der Waals surface area (Å²) in [7, 11) is 0. The second kappa shape index (κ2) is 8.82. The Morgan fingerprint density at radius 2 is 1.93 bits per heavy atom. The largest absolute Gasteiger partial charge is 0.376 e. The van der Waals surface area contributed by atoms with Crippen molar-refractivity contribution in [3.05, 3.63) is 64.7 Å². The fourth-order valence-corrected chi connectivity index (χ4v) is 2.99. The van der Waals surface area contributed by atoms with Crippen LogP contribution >= 0.6 is 0 Å². The van der Waals surface area contributed by atoms with Crippen molar-refractivity contribution >= 4 is 17.6 Å². The highest BCUT2D eigenvalue weighted by Crippen LogP contribution is 2.18. The molecule has 0 spiro atoms. The number of carbonyl (C=O) groups excluding carboxylic acids is 1. The molecular weight excluding hydrogens is 338 g/mol. The molecule has 3 rings (SSSR count). The average Bonchev–Trinajstić information content (AvgIpc) is 3.17. The number of carbonyl (C=O) groups is 1. The summed E-state index contributed by atoms with van der Waals surface area (Å²) in [6, 6.07) is 13.5. The van der Waals surface area contributed by atoms with Crippen molar-refractivity contribution in [1.29, 1.82) is 0 Å². The fraction of sp³-hybridized carbons (Fsp3) is 0.364. The van der Waals surface area contributed by atoms with E-state index < -0.39 is 0 Å². The van der Waals surface area contributed by atoms with Gasteiger partial charge in [0.1, 0.15) is 0 Å². The molecule has 1 heterocycles. The first kappa shape index (κ1) is 19.1. The molecule has 5 heteroatoms. The number of nitrogens with one attached hydrogen (secondary N) is 2. The zero-order valence-corrected chi connectivity index (χ0v) is 16.2. The number of amides is 1. The minimum Gasteiger partial charge on any atom is -0.376 e. The molecule has 1 saturated heterocycles. The van der Waals surface area contributed by atoms with Gasteiger partial charge >= 0.3 is 0 Å². The van der Waals surface area contributed by atoms with Crippen molar-refractivity contribution in [3.8, 4) is 0 Å². The molecule has 1 aliphatic heterocycles. The highest BCUT2D eigenvalue weighted by atomic mass is 16.5. The average molecular weight is 365 g/mol. The first-order valence-electron chi connectivity index (χ1n) is 9.40. The molecule has 0 bridgehead atoms. The van der Waals surface area contributed by atoms with Crippen LogP contribution in [0.25, 0.3) is 0 Å². The van der Waals surface area contributed by atoms with Gasteiger partial charge in [-0.2, -0.15) is 0 Å². The Morgan fingerprint density at radius 3 is 2.63 bits per heavy atom. The molecule has 0 aliphatic carbocycles. The number of benzene rings is 2. The highest BCUT2D eigenvalue weighted by Gasteiger charge is 2.16. The van der Waals surface area contributed by atoms with Crippen LogP contribution < -0.4 is 10.6 Å². The first-order chi connectivity index (χ1) is 13.0. The SMILES string of the molecule is Cc1ccc(C(=O)NC(=NC[C@H]2CCCO2)Nc2cccc(C)c2C)cc1. The first-order valence-corrected chi connectivity index (χ1v) is 9.40. The van der Waals surface area contributed by atoms with Gasteiger partial charge in [-0.05, 0) is 62.9 Å². The van der Waals surface area contributed by atoms with Gasteiger partial charge < -0.3 is 10.1 Å². The Labute approximate surface area is 160 Å². The Balaban J connectivity index is 1.78. The van der Waals surface area contributed by atoms with Gasteiger partial charge in [-0.3, -0.25) is 10.1 Å². The normalized spacial score (nSPS) is 17.0. The molecule has 1 amide bonds. The van der Waals surface area contributed by atoms with Gasteiger partial charge in [0.2, 0.25) is 5.96 Å². The molecule has 1 fully saturated rings. The Hall–Kier alpha value is -2.66. The highest BCUT2D eigenvalue weighted by molar-refractivity contribution is 6.10. The number of aryl methyl sites for hydroxylation is 2. The van der Waals surface area contributed by atoms with Gasteiger partial charge in [0, 0.05) is 17.9 Å². The van der Waals surface area contributed by atoms with Crippen molar-refractivity contribution in [2.45, 2.75) is 39.7 Å². The summed E-state index contributed by atoms with van der Waals surface area (Å²) >= 11 is 0. The lowest BCUT2D eigenvalue weighted by molar-refractivity contribution is 0.0975. The third-order valence-corrected chi connectivity index (χ3v) is 4.88. The zero-order valence-electron chi connectivity index (χ0n) is 16.2. The predicted molar refractivity (Wildman–Crippen MR) is 109 cm³/mol. The lowest BCUT2D eigenvalue weighted by Gasteiger charge is -2.16. The number of nitrogens with zero attached hydrogens (tertiary/aromatic N) is 1. The molecule has 142 valence electrons. The third kappa shape index (κ3) is 5.17. The van der Waals surface area contributed by atoms with E-state index in [1.54, 1.807) is 0 Å². The van der Waals surface area contributed by atoms with Crippen molar-refractivity contribution in [1.82, 2.24) is 5.32 Å². The van der Waals surface area contributed by atoms with E-state index in [1.807, 2.05) is 43.3 Å². The summed E-state index contributed by atoms with van der Waals surface area (Å²) < 4.78 is 5.65. The van der Waals surface area contributed by atoms with E-state index in [0.29, 0.717) is 18.1 Å². The minimum atomic E-state index is -0.182. The van der Waals surface area contributed by atoms with E-state index in [9.17, 15) is 4.79 Å². The summed E-state index contributed by atoms with van der Waals surface area (Å²) in [5.74, 6) is 0.267. The van der Waals surface area contributed by atoms with E-state index in [4.69, 9.17) is 4.74 Å². The predicted octanol–water partition coefficient (Wildman–Crippen LogP) is 3.99.